The predicted octanol–water partition coefficient (Wildman–Crippen LogP) is 2.03. The van der Waals surface area contributed by atoms with Gasteiger partial charge in [0.2, 0.25) is 0 Å². The quantitative estimate of drug-likeness (QED) is 0.849. The summed E-state index contributed by atoms with van der Waals surface area (Å²) in [7, 11) is 1.06. The van der Waals surface area contributed by atoms with Crippen LogP contribution in [0.2, 0.25) is 0 Å². The van der Waals surface area contributed by atoms with Gasteiger partial charge in [-0.1, -0.05) is 6.07 Å². The molecule has 1 amide bonds. The van der Waals surface area contributed by atoms with Gasteiger partial charge in [-0.15, -0.1) is 0 Å². The number of rotatable bonds is 2. The van der Waals surface area contributed by atoms with Crippen LogP contribution in [0.4, 0.5) is 13.2 Å². The van der Waals surface area contributed by atoms with Gasteiger partial charge < -0.3 is 10.0 Å². The number of amides is 1. The summed E-state index contributed by atoms with van der Waals surface area (Å²) >= 11 is 0. The van der Waals surface area contributed by atoms with Crippen molar-refractivity contribution < 1.29 is 23.1 Å². The van der Waals surface area contributed by atoms with Crippen LogP contribution in [-0.2, 0) is 0 Å². The fourth-order valence-electron chi connectivity index (χ4n) is 1.20. The van der Waals surface area contributed by atoms with Crippen LogP contribution < -0.4 is 0 Å². The number of phenols is 1. The van der Waals surface area contributed by atoms with Crippen LogP contribution in [0.1, 0.15) is 10.4 Å². The van der Waals surface area contributed by atoms with Crippen molar-refractivity contribution in [3.63, 3.8) is 0 Å². The van der Waals surface area contributed by atoms with E-state index in [0.717, 1.165) is 13.1 Å². The number of phenolic OH excluding ortho intramolecular Hbond substituents is 1. The van der Waals surface area contributed by atoms with Crippen molar-refractivity contribution in [3.8, 4) is 5.75 Å². The van der Waals surface area contributed by atoms with Gasteiger partial charge in [-0.3, -0.25) is 4.79 Å². The third-order valence-corrected chi connectivity index (χ3v) is 1.86. The van der Waals surface area contributed by atoms with Crippen LogP contribution in [0.3, 0.4) is 0 Å². The smallest absolute Gasteiger partial charge is 0.406 e. The van der Waals surface area contributed by atoms with E-state index < -0.39 is 18.6 Å². The summed E-state index contributed by atoms with van der Waals surface area (Å²) in [5.41, 5.74) is 0.0201. The van der Waals surface area contributed by atoms with Crippen LogP contribution in [0.25, 0.3) is 0 Å². The average Bonchev–Trinajstić information content (AvgIpc) is 2.14. The molecule has 0 atom stereocenters. The third kappa shape index (κ3) is 3.45. The number of carbonyl (C=O) groups excluding carboxylic acids is 1. The number of benzene rings is 1. The Morgan fingerprint density at radius 2 is 2.06 bits per heavy atom. The van der Waals surface area contributed by atoms with E-state index in [2.05, 4.69) is 0 Å². The molecule has 0 radical (unpaired) electrons. The monoisotopic (exact) mass is 233 g/mol. The zero-order valence-corrected chi connectivity index (χ0v) is 8.45. The predicted molar refractivity (Wildman–Crippen MR) is 51.1 cm³/mol. The van der Waals surface area contributed by atoms with E-state index in [0.29, 0.717) is 4.90 Å². The Kier molecular flexibility index (Phi) is 3.41. The van der Waals surface area contributed by atoms with Crippen molar-refractivity contribution in [3.05, 3.63) is 29.8 Å². The third-order valence-electron chi connectivity index (χ3n) is 1.86. The molecule has 0 saturated carbocycles. The molecule has 0 unspecified atom stereocenters. The molecule has 3 nitrogen and oxygen atoms in total. The van der Waals surface area contributed by atoms with Gasteiger partial charge >= 0.3 is 6.18 Å². The lowest BCUT2D eigenvalue weighted by atomic mass is 10.2. The first-order chi connectivity index (χ1) is 7.29. The second-order valence-corrected chi connectivity index (χ2v) is 3.33. The Morgan fingerprint density at radius 1 is 1.44 bits per heavy atom. The average molecular weight is 233 g/mol. The number of alkyl halides is 3. The fraction of sp³-hybridized carbons (Fsp3) is 0.300. The highest BCUT2D eigenvalue weighted by atomic mass is 19.4. The molecule has 1 aromatic carbocycles. The van der Waals surface area contributed by atoms with Crippen molar-refractivity contribution in [2.24, 2.45) is 0 Å². The molecule has 0 saturated heterocycles. The molecule has 0 spiro atoms. The highest BCUT2D eigenvalue weighted by Crippen LogP contribution is 2.18. The Labute approximate surface area is 90.1 Å². The molecule has 1 rings (SSSR count). The van der Waals surface area contributed by atoms with Crippen molar-refractivity contribution in [2.75, 3.05) is 13.6 Å². The SMILES string of the molecule is CN(CC(F)(F)F)C(=O)c1cccc(O)c1. The Hall–Kier alpha value is -1.72. The minimum absolute atomic E-state index is 0.0201. The first-order valence-electron chi connectivity index (χ1n) is 4.41. The lowest BCUT2D eigenvalue weighted by molar-refractivity contribution is -0.138. The summed E-state index contributed by atoms with van der Waals surface area (Å²) < 4.78 is 36.1. The summed E-state index contributed by atoms with van der Waals surface area (Å²) in [6.07, 6.45) is -4.43. The Balaban J connectivity index is 2.78. The molecule has 0 heterocycles. The maximum atomic E-state index is 12.0. The van der Waals surface area contributed by atoms with Crippen molar-refractivity contribution in [2.45, 2.75) is 6.18 Å². The van der Waals surface area contributed by atoms with Gasteiger partial charge in [-0.05, 0) is 18.2 Å². The minimum atomic E-state index is -4.43. The van der Waals surface area contributed by atoms with E-state index in [1.807, 2.05) is 0 Å². The summed E-state index contributed by atoms with van der Waals surface area (Å²) in [4.78, 5) is 12.0. The van der Waals surface area contributed by atoms with E-state index in [1.165, 1.54) is 18.2 Å². The van der Waals surface area contributed by atoms with Crippen LogP contribution in [-0.4, -0.2) is 35.7 Å². The van der Waals surface area contributed by atoms with Gasteiger partial charge in [-0.2, -0.15) is 13.2 Å². The number of halogens is 3. The number of aromatic hydroxyl groups is 1. The van der Waals surface area contributed by atoms with Crippen LogP contribution in [0, 0.1) is 0 Å². The van der Waals surface area contributed by atoms with E-state index in [-0.39, 0.29) is 11.3 Å². The molecular formula is C10H10F3NO2. The minimum Gasteiger partial charge on any atom is -0.508 e. The van der Waals surface area contributed by atoms with E-state index in [1.54, 1.807) is 0 Å². The molecule has 0 aliphatic carbocycles. The molecule has 1 N–H and O–H groups in total. The lowest BCUT2D eigenvalue weighted by Gasteiger charge is -2.18. The van der Waals surface area contributed by atoms with Gasteiger partial charge in [0.05, 0.1) is 0 Å². The standard InChI is InChI=1S/C10H10F3NO2/c1-14(6-10(11,12)13)9(16)7-3-2-4-8(15)5-7/h2-5,15H,6H2,1H3. The van der Waals surface area contributed by atoms with Gasteiger partial charge in [0.15, 0.2) is 0 Å². The molecule has 0 bridgehead atoms. The van der Waals surface area contributed by atoms with E-state index >= 15 is 0 Å². The van der Waals surface area contributed by atoms with Crippen molar-refractivity contribution in [1.82, 2.24) is 4.90 Å². The fourth-order valence-corrected chi connectivity index (χ4v) is 1.20. The number of hydrogen-bond donors (Lipinski definition) is 1. The molecular weight excluding hydrogens is 223 g/mol. The zero-order chi connectivity index (χ0) is 12.3. The second kappa shape index (κ2) is 4.42. The highest BCUT2D eigenvalue weighted by molar-refractivity contribution is 5.94. The van der Waals surface area contributed by atoms with Crippen LogP contribution in [0.15, 0.2) is 24.3 Å². The first kappa shape index (κ1) is 12.4. The number of nitrogens with zero attached hydrogens (tertiary/aromatic N) is 1. The van der Waals surface area contributed by atoms with Gasteiger partial charge in [0, 0.05) is 12.6 Å². The first-order valence-corrected chi connectivity index (χ1v) is 4.41. The molecule has 0 aromatic heterocycles. The van der Waals surface area contributed by atoms with Gasteiger partial charge in [0.25, 0.3) is 5.91 Å². The van der Waals surface area contributed by atoms with Crippen LogP contribution in [0.5, 0.6) is 5.75 Å². The number of carbonyl (C=O) groups is 1. The number of hydrogen-bond acceptors (Lipinski definition) is 2. The summed E-state index contributed by atoms with van der Waals surface area (Å²) in [5, 5.41) is 9.08. The van der Waals surface area contributed by atoms with E-state index in [4.69, 9.17) is 5.11 Å². The highest BCUT2D eigenvalue weighted by Gasteiger charge is 2.31. The molecule has 16 heavy (non-hydrogen) atoms. The zero-order valence-electron chi connectivity index (χ0n) is 8.45. The Bertz CT molecular complexity index is 390. The molecule has 1 aromatic rings. The summed E-state index contributed by atoms with van der Waals surface area (Å²) in [5.74, 6) is -0.945. The Morgan fingerprint density at radius 3 is 2.56 bits per heavy atom. The summed E-state index contributed by atoms with van der Waals surface area (Å²) in [6, 6.07) is 5.19. The molecule has 88 valence electrons. The van der Waals surface area contributed by atoms with E-state index in [9.17, 15) is 18.0 Å². The second-order valence-electron chi connectivity index (χ2n) is 3.33. The molecule has 6 heteroatoms. The van der Waals surface area contributed by atoms with Crippen LogP contribution >= 0.6 is 0 Å². The van der Waals surface area contributed by atoms with Crippen molar-refractivity contribution in [1.29, 1.82) is 0 Å². The van der Waals surface area contributed by atoms with Gasteiger partial charge in [0.1, 0.15) is 12.3 Å². The maximum Gasteiger partial charge on any atom is 0.406 e. The topological polar surface area (TPSA) is 40.5 Å². The molecule has 0 aliphatic heterocycles. The van der Waals surface area contributed by atoms with Gasteiger partial charge in [-0.25, -0.2) is 0 Å². The maximum absolute atomic E-state index is 12.0. The lowest BCUT2D eigenvalue weighted by Crippen LogP contribution is -2.35. The summed E-state index contributed by atoms with van der Waals surface area (Å²) in [6.45, 7) is -1.32. The van der Waals surface area contributed by atoms with Crippen molar-refractivity contribution >= 4 is 5.91 Å². The largest absolute Gasteiger partial charge is 0.508 e. The normalized spacial score (nSPS) is 11.2. The molecule has 0 aliphatic rings. The molecule has 0 fully saturated rings.